The van der Waals surface area contributed by atoms with Gasteiger partial charge in [0.15, 0.2) is 0 Å². The SMILES string of the molecule is [C-]#[N+]c1cc(C(F)(F)F)ccc1S(=O)(=O)N1CC2(CN(CC3CCOCC3)C2)C1. The van der Waals surface area contributed by atoms with E-state index in [2.05, 4.69) is 9.74 Å². The van der Waals surface area contributed by atoms with Gasteiger partial charge >= 0.3 is 6.18 Å². The van der Waals surface area contributed by atoms with E-state index in [1.54, 1.807) is 0 Å². The lowest BCUT2D eigenvalue weighted by Crippen LogP contribution is -2.73. The second kappa shape index (κ2) is 7.23. The molecule has 1 spiro atoms. The highest BCUT2D eigenvalue weighted by molar-refractivity contribution is 7.89. The molecule has 0 amide bonds. The first kappa shape index (κ1) is 20.6. The van der Waals surface area contributed by atoms with Crippen molar-refractivity contribution in [3.8, 4) is 0 Å². The van der Waals surface area contributed by atoms with Crippen LogP contribution in [0.15, 0.2) is 23.1 Å². The highest BCUT2D eigenvalue weighted by atomic mass is 32.2. The molecule has 0 atom stereocenters. The standard InChI is InChI=1S/C19H22F3N3O3S/c1-23-16-8-15(19(20,21)22)2-3-17(16)29(26,27)25-12-18(13-25)10-24(11-18)9-14-4-6-28-7-5-14/h2-3,8,14H,4-7,9-13H2. The van der Waals surface area contributed by atoms with E-state index in [4.69, 9.17) is 11.3 Å². The molecule has 29 heavy (non-hydrogen) atoms. The summed E-state index contributed by atoms with van der Waals surface area (Å²) in [5.74, 6) is 0.620. The van der Waals surface area contributed by atoms with E-state index in [-0.39, 0.29) is 10.3 Å². The molecule has 1 aromatic carbocycles. The van der Waals surface area contributed by atoms with Gasteiger partial charge in [0.25, 0.3) is 0 Å². The van der Waals surface area contributed by atoms with Crippen LogP contribution in [0.25, 0.3) is 4.85 Å². The molecule has 0 unspecified atom stereocenters. The number of rotatable bonds is 4. The van der Waals surface area contributed by atoms with Crippen molar-refractivity contribution in [1.29, 1.82) is 0 Å². The van der Waals surface area contributed by atoms with E-state index in [1.807, 2.05) is 0 Å². The Hall–Kier alpha value is -1.67. The Bertz CT molecular complexity index is 922. The molecule has 0 aromatic heterocycles. The van der Waals surface area contributed by atoms with Crippen LogP contribution in [0, 0.1) is 17.9 Å². The summed E-state index contributed by atoms with van der Waals surface area (Å²) < 4.78 is 70.9. The normalized spacial score (nSPS) is 23.4. The Morgan fingerprint density at radius 3 is 2.41 bits per heavy atom. The van der Waals surface area contributed by atoms with Crippen molar-refractivity contribution >= 4 is 15.7 Å². The lowest BCUT2D eigenvalue weighted by atomic mass is 9.74. The van der Waals surface area contributed by atoms with Crippen LogP contribution in [0.1, 0.15) is 18.4 Å². The second-order valence-electron chi connectivity index (χ2n) is 8.29. The molecule has 3 aliphatic heterocycles. The Morgan fingerprint density at radius 1 is 1.17 bits per heavy atom. The number of hydrogen-bond acceptors (Lipinski definition) is 4. The van der Waals surface area contributed by atoms with Crippen LogP contribution in [0.5, 0.6) is 0 Å². The van der Waals surface area contributed by atoms with Crippen LogP contribution in [-0.4, -0.2) is 63.6 Å². The Labute approximate surface area is 168 Å². The summed E-state index contributed by atoms with van der Waals surface area (Å²) in [7, 11) is -3.98. The molecule has 3 heterocycles. The molecule has 10 heteroatoms. The summed E-state index contributed by atoms with van der Waals surface area (Å²) in [5.41, 5.74) is -1.58. The van der Waals surface area contributed by atoms with Crippen LogP contribution in [0.2, 0.25) is 0 Å². The maximum absolute atomic E-state index is 12.9. The van der Waals surface area contributed by atoms with E-state index < -0.39 is 27.5 Å². The third kappa shape index (κ3) is 3.89. The van der Waals surface area contributed by atoms with Gasteiger partial charge in [-0.1, -0.05) is 12.1 Å². The third-order valence-electron chi connectivity index (χ3n) is 6.02. The Morgan fingerprint density at radius 2 is 1.83 bits per heavy atom. The van der Waals surface area contributed by atoms with Gasteiger partial charge in [-0.25, -0.2) is 13.3 Å². The van der Waals surface area contributed by atoms with E-state index in [0.717, 1.165) is 57.8 Å². The summed E-state index contributed by atoms with van der Waals surface area (Å²) in [5, 5.41) is 0. The number of halogens is 3. The van der Waals surface area contributed by atoms with Gasteiger partial charge in [0.05, 0.1) is 11.5 Å². The summed E-state index contributed by atoms with van der Waals surface area (Å²) in [6, 6.07) is 2.22. The van der Waals surface area contributed by atoms with Crippen molar-refractivity contribution in [2.45, 2.75) is 23.9 Å². The molecule has 0 radical (unpaired) electrons. The highest BCUT2D eigenvalue weighted by Crippen LogP contribution is 2.44. The first-order valence-corrected chi connectivity index (χ1v) is 11.0. The van der Waals surface area contributed by atoms with Gasteiger partial charge in [-0.3, -0.25) is 0 Å². The van der Waals surface area contributed by atoms with Gasteiger partial charge in [-0.15, -0.1) is 0 Å². The van der Waals surface area contributed by atoms with Crippen molar-refractivity contribution in [3.05, 3.63) is 35.2 Å². The minimum absolute atomic E-state index is 0.0670. The smallest absolute Gasteiger partial charge is 0.381 e. The monoisotopic (exact) mass is 429 g/mol. The zero-order chi connectivity index (χ0) is 20.9. The number of benzene rings is 1. The molecular formula is C19H22F3N3O3S. The van der Waals surface area contributed by atoms with Crippen molar-refractivity contribution in [1.82, 2.24) is 9.21 Å². The molecule has 6 nitrogen and oxygen atoms in total. The fourth-order valence-corrected chi connectivity index (χ4v) is 6.31. The molecule has 0 saturated carbocycles. The van der Waals surface area contributed by atoms with Crippen molar-refractivity contribution in [2.24, 2.45) is 11.3 Å². The maximum Gasteiger partial charge on any atom is 0.415 e. The number of nitrogens with zero attached hydrogens (tertiary/aromatic N) is 3. The predicted octanol–water partition coefficient (Wildman–Crippen LogP) is 2.99. The number of ether oxygens (including phenoxy) is 1. The van der Waals surface area contributed by atoms with Crippen LogP contribution in [0.3, 0.4) is 0 Å². The van der Waals surface area contributed by atoms with Gasteiger partial charge in [-0.2, -0.15) is 17.5 Å². The van der Waals surface area contributed by atoms with E-state index in [1.165, 1.54) is 4.31 Å². The fourth-order valence-electron chi connectivity index (χ4n) is 4.54. The minimum Gasteiger partial charge on any atom is -0.381 e. The zero-order valence-corrected chi connectivity index (χ0v) is 16.6. The maximum atomic E-state index is 12.9. The Kier molecular flexibility index (Phi) is 5.14. The van der Waals surface area contributed by atoms with Crippen LogP contribution < -0.4 is 0 Å². The van der Waals surface area contributed by atoms with Crippen LogP contribution in [0.4, 0.5) is 18.9 Å². The van der Waals surface area contributed by atoms with Crippen LogP contribution >= 0.6 is 0 Å². The quantitative estimate of drug-likeness (QED) is 0.691. The van der Waals surface area contributed by atoms with E-state index in [9.17, 15) is 21.6 Å². The number of alkyl halides is 3. The number of likely N-dealkylation sites (tertiary alicyclic amines) is 1. The van der Waals surface area contributed by atoms with E-state index >= 15 is 0 Å². The van der Waals surface area contributed by atoms with Crippen molar-refractivity contribution in [2.75, 3.05) is 45.9 Å². The Balaban J connectivity index is 1.39. The summed E-state index contributed by atoms with van der Waals surface area (Å²) in [6.45, 7) is 12.1. The van der Waals surface area contributed by atoms with Crippen molar-refractivity contribution < 1.29 is 26.3 Å². The van der Waals surface area contributed by atoms with E-state index in [0.29, 0.717) is 25.1 Å². The molecule has 158 valence electrons. The molecule has 0 bridgehead atoms. The van der Waals surface area contributed by atoms with Gasteiger partial charge in [0.2, 0.25) is 15.7 Å². The first-order chi connectivity index (χ1) is 13.6. The topological polar surface area (TPSA) is 54.2 Å². The summed E-state index contributed by atoms with van der Waals surface area (Å²) in [4.78, 5) is 5.01. The molecule has 0 N–H and O–H groups in total. The molecule has 4 rings (SSSR count). The molecule has 0 aliphatic carbocycles. The molecule has 1 aromatic rings. The van der Waals surface area contributed by atoms with Gasteiger partial charge in [0.1, 0.15) is 0 Å². The molecule has 3 saturated heterocycles. The largest absolute Gasteiger partial charge is 0.415 e. The third-order valence-corrected chi connectivity index (χ3v) is 7.86. The van der Waals surface area contributed by atoms with Gasteiger partial charge in [0, 0.05) is 56.9 Å². The predicted molar refractivity (Wildman–Crippen MR) is 98.9 cm³/mol. The fraction of sp³-hybridized carbons (Fsp3) is 0.632. The first-order valence-electron chi connectivity index (χ1n) is 9.52. The molecular weight excluding hydrogens is 407 g/mol. The highest BCUT2D eigenvalue weighted by Gasteiger charge is 2.55. The zero-order valence-electron chi connectivity index (χ0n) is 15.8. The number of sulfonamides is 1. The minimum atomic E-state index is -4.62. The second-order valence-corrected chi connectivity index (χ2v) is 10.2. The lowest BCUT2D eigenvalue weighted by Gasteiger charge is -2.60. The van der Waals surface area contributed by atoms with Crippen molar-refractivity contribution in [3.63, 3.8) is 0 Å². The average molecular weight is 429 g/mol. The molecule has 3 fully saturated rings. The lowest BCUT2D eigenvalue weighted by molar-refractivity contribution is -0.137. The van der Waals surface area contributed by atoms with Gasteiger partial charge in [-0.05, 0) is 24.8 Å². The number of hydrogen-bond donors (Lipinski definition) is 0. The average Bonchev–Trinajstić information content (AvgIpc) is 2.61. The summed E-state index contributed by atoms with van der Waals surface area (Å²) >= 11 is 0. The molecule has 3 aliphatic rings. The van der Waals surface area contributed by atoms with Gasteiger partial charge < -0.3 is 9.64 Å². The van der Waals surface area contributed by atoms with Crippen LogP contribution in [-0.2, 0) is 20.9 Å². The summed E-state index contributed by atoms with van der Waals surface area (Å²) in [6.07, 6.45) is -2.52.